The van der Waals surface area contributed by atoms with Gasteiger partial charge in [-0.2, -0.15) is 0 Å². The van der Waals surface area contributed by atoms with Gasteiger partial charge in [0, 0.05) is 4.90 Å². The molecule has 3 nitrogen and oxygen atoms in total. The fraction of sp³-hybridized carbons (Fsp3) is 0.400. The van der Waals surface area contributed by atoms with Crippen molar-refractivity contribution in [3.63, 3.8) is 0 Å². The van der Waals surface area contributed by atoms with Gasteiger partial charge in [-0.1, -0.05) is 18.7 Å². The van der Waals surface area contributed by atoms with Crippen LogP contribution in [0.15, 0.2) is 23.1 Å². The summed E-state index contributed by atoms with van der Waals surface area (Å²) in [5.74, 6) is -0.192. The zero-order valence-electron chi connectivity index (χ0n) is 8.97. The van der Waals surface area contributed by atoms with Crippen molar-refractivity contribution in [2.24, 2.45) is 0 Å². The van der Waals surface area contributed by atoms with E-state index in [1.807, 2.05) is 6.92 Å². The number of hydrogen-bond acceptors (Lipinski definition) is 4. The molecule has 1 heterocycles. The fourth-order valence-electron chi connectivity index (χ4n) is 1.49. The van der Waals surface area contributed by atoms with Crippen molar-refractivity contribution in [3.05, 3.63) is 18.2 Å². The van der Waals surface area contributed by atoms with Gasteiger partial charge in [0.15, 0.2) is 0 Å². The third kappa shape index (κ3) is 3.19. The van der Waals surface area contributed by atoms with Crippen LogP contribution in [0.2, 0.25) is 0 Å². The van der Waals surface area contributed by atoms with E-state index in [1.165, 1.54) is 23.9 Å². The summed E-state index contributed by atoms with van der Waals surface area (Å²) in [6.45, 7) is 2.74. The van der Waals surface area contributed by atoms with Gasteiger partial charge in [-0.25, -0.2) is 0 Å². The lowest BCUT2D eigenvalue weighted by Gasteiger charge is -2.09. The van der Waals surface area contributed by atoms with Gasteiger partial charge >= 0.3 is 6.36 Å². The first-order valence-electron chi connectivity index (χ1n) is 5.04. The van der Waals surface area contributed by atoms with Gasteiger partial charge in [-0.3, -0.25) is 5.32 Å². The van der Waals surface area contributed by atoms with Crippen LogP contribution in [0.4, 0.5) is 18.9 Å². The van der Waals surface area contributed by atoms with Gasteiger partial charge in [0.2, 0.25) is 0 Å². The molecule has 1 unspecified atom stereocenters. The Bertz CT molecular complexity index is 411. The number of rotatable bonds is 3. The second kappa shape index (κ2) is 4.66. The Morgan fingerprint density at radius 3 is 2.88 bits per heavy atom. The molecule has 0 saturated heterocycles. The van der Waals surface area contributed by atoms with Gasteiger partial charge in [0.05, 0.1) is 5.69 Å². The molecule has 2 rings (SSSR count). The first-order chi connectivity index (χ1) is 7.98. The molecule has 0 aromatic heterocycles. The van der Waals surface area contributed by atoms with E-state index < -0.39 is 6.36 Å². The predicted molar refractivity (Wildman–Crippen MR) is 60.1 cm³/mol. The Hall–Kier alpha value is -1.08. The second-order valence-electron chi connectivity index (χ2n) is 3.41. The summed E-state index contributed by atoms with van der Waals surface area (Å²) >= 11 is 1.43. The van der Waals surface area contributed by atoms with E-state index in [1.54, 1.807) is 6.07 Å². The first kappa shape index (κ1) is 12.4. The monoisotopic (exact) mass is 264 g/mol. The number of nitrogens with one attached hydrogen (secondary N) is 2. The molecule has 17 heavy (non-hydrogen) atoms. The smallest absolute Gasteiger partial charge is 0.406 e. The van der Waals surface area contributed by atoms with Crippen LogP contribution in [-0.4, -0.2) is 18.4 Å². The largest absolute Gasteiger partial charge is 0.573 e. The fourth-order valence-corrected chi connectivity index (χ4v) is 2.62. The van der Waals surface area contributed by atoms with E-state index in [9.17, 15) is 13.2 Å². The Morgan fingerprint density at radius 1 is 1.47 bits per heavy atom. The molecule has 1 aliphatic rings. The van der Waals surface area contributed by atoms with Crippen molar-refractivity contribution in [1.82, 2.24) is 5.32 Å². The summed E-state index contributed by atoms with van der Waals surface area (Å²) in [6, 6.07) is 4.27. The summed E-state index contributed by atoms with van der Waals surface area (Å²) < 4.78 is 40.0. The molecule has 1 atom stereocenters. The molecule has 0 saturated carbocycles. The second-order valence-corrected chi connectivity index (χ2v) is 4.55. The summed E-state index contributed by atoms with van der Waals surface area (Å²) in [4.78, 5) is 0.748. The standard InChI is InChI=1S/C10H11F3N2OS/c1-2-14-9-15-7-4-3-6(5-8(7)17-9)16-10(11,12)13/h3-5,9,14-15H,2H2,1H3. The third-order valence-corrected chi connectivity index (χ3v) is 3.22. The molecule has 94 valence electrons. The summed E-state index contributed by atoms with van der Waals surface area (Å²) in [5.41, 5.74) is 0.812. The Labute approximate surface area is 101 Å². The highest BCUT2D eigenvalue weighted by Crippen LogP contribution is 2.40. The minimum Gasteiger partial charge on any atom is -0.406 e. The number of halogens is 3. The average molecular weight is 264 g/mol. The topological polar surface area (TPSA) is 33.3 Å². The minimum atomic E-state index is -4.65. The Morgan fingerprint density at radius 2 is 2.24 bits per heavy atom. The average Bonchev–Trinajstić information content (AvgIpc) is 2.57. The van der Waals surface area contributed by atoms with Crippen LogP contribution in [-0.2, 0) is 0 Å². The van der Waals surface area contributed by atoms with E-state index in [2.05, 4.69) is 15.4 Å². The molecule has 1 aliphatic heterocycles. The van der Waals surface area contributed by atoms with Crippen molar-refractivity contribution < 1.29 is 17.9 Å². The van der Waals surface area contributed by atoms with Gasteiger partial charge in [0.25, 0.3) is 0 Å². The molecule has 1 aromatic carbocycles. The zero-order valence-corrected chi connectivity index (χ0v) is 9.78. The zero-order chi connectivity index (χ0) is 12.5. The summed E-state index contributed by atoms with van der Waals surface area (Å²) in [7, 11) is 0. The quantitative estimate of drug-likeness (QED) is 0.879. The van der Waals surface area contributed by atoms with Gasteiger partial charge in [-0.05, 0) is 24.7 Å². The van der Waals surface area contributed by atoms with Crippen molar-refractivity contribution >= 4 is 17.4 Å². The van der Waals surface area contributed by atoms with Gasteiger partial charge < -0.3 is 10.1 Å². The van der Waals surface area contributed by atoms with E-state index in [0.717, 1.165) is 17.1 Å². The predicted octanol–water partition coefficient (Wildman–Crippen LogP) is 3.00. The Kier molecular flexibility index (Phi) is 3.39. The molecular weight excluding hydrogens is 253 g/mol. The molecule has 0 bridgehead atoms. The maximum atomic E-state index is 12.0. The van der Waals surface area contributed by atoms with Crippen LogP contribution in [0.25, 0.3) is 0 Å². The molecule has 0 amide bonds. The normalized spacial score (nSPS) is 18.7. The van der Waals surface area contributed by atoms with Crippen molar-refractivity contribution in [3.8, 4) is 5.75 Å². The van der Waals surface area contributed by atoms with Crippen molar-refractivity contribution in [1.29, 1.82) is 0 Å². The lowest BCUT2D eigenvalue weighted by Crippen LogP contribution is -2.29. The van der Waals surface area contributed by atoms with Crippen LogP contribution in [0.3, 0.4) is 0 Å². The SMILES string of the molecule is CCNC1Nc2ccc(OC(F)(F)F)cc2S1. The van der Waals surface area contributed by atoms with Crippen LogP contribution in [0.5, 0.6) is 5.75 Å². The maximum Gasteiger partial charge on any atom is 0.573 e. The highest BCUT2D eigenvalue weighted by Gasteiger charge is 2.32. The van der Waals surface area contributed by atoms with Crippen molar-refractivity contribution in [2.75, 3.05) is 11.9 Å². The molecule has 7 heteroatoms. The number of alkyl halides is 3. The highest BCUT2D eigenvalue weighted by atomic mass is 32.2. The molecule has 0 radical (unpaired) electrons. The van der Waals surface area contributed by atoms with Crippen LogP contribution >= 0.6 is 11.8 Å². The summed E-state index contributed by atoms with van der Waals surface area (Å²) in [6.07, 6.45) is -4.65. The molecule has 0 spiro atoms. The van der Waals surface area contributed by atoms with E-state index in [0.29, 0.717) is 0 Å². The maximum absolute atomic E-state index is 12.0. The Balaban J connectivity index is 2.10. The first-order valence-corrected chi connectivity index (χ1v) is 5.92. The summed E-state index contributed by atoms with van der Waals surface area (Å²) in [5, 5.41) is 6.29. The van der Waals surface area contributed by atoms with Gasteiger partial charge in [0.1, 0.15) is 11.2 Å². The van der Waals surface area contributed by atoms with Crippen LogP contribution in [0.1, 0.15) is 6.92 Å². The third-order valence-electron chi connectivity index (χ3n) is 2.11. The molecule has 0 fully saturated rings. The number of hydrogen-bond donors (Lipinski definition) is 2. The molecular formula is C10H11F3N2OS. The number of thioether (sulfide) groups is 1. The number of benzene rings is 1. The van der Waals surface area contributed by atoms with Crippen LogP contribution in [0, 0.1) is 0 Å². The lowest BCUT2D eigenvalue weighted by atomic mass is 10.3. The van der Waals surface area contributed by atoms with Gasteiger partial charge in [-0.15, -0.1) is 13.2 Å². The molecule has 0 aliphatic carbocycles. The van der Waals surface area contributed by atoms with Crippen molar-refractivity contribution in [2.45, 2.75) is 23.7 Å². The minimum absolute atomic E-state index is 0.00358. The van der Waals surface area contributed by atoms with Crippen LogP contribution < -0.4 is 15.4 Å². The number of fused-ring (bicyclic) bond motifs is 1. The molecule has 2 N–H and O–H groups in total. The molecule has 1 aromatic rings. The number of anilines is 1. The lowest BCUT2D eigenvalue weighted by molar-refractivity contribution is -0.274. The van der Waals surface area contributed by atoms with E-state index in [4.69, 9.17) is 0 Å². The number of ether oxygens (including phenoxy) is 1. The van der Waals surface area contributed by atoms with E-state index >= 15 is 0 Å². The van der Waals surface area contributed by atoms with E-state index in [-0.39, 0.29) is 11.2 Å². The highest BCUT2D eigenvalue weighted by molar-refractivity contribution is 8.00.